The van der Waals surface area contributed by atoms with Gasteiger partial charge in [0.2, 0.25) is 11.8 Å². The first-order chi connectivity index (χ1) is 10.5. The van der Waals surface area contributed by atoms with Crippen molar-refractivity contribution in [3.8, 4) is 0 Å². The van der Waals surface area contributed by atoms with E-state index in [1.807, 2.05) is 19.0 Å². The summed E-state index contributed by atoms with van der Waals surface area (Å²) in [6.07, 6.45) is 0.455. The SMILES string of the molecule is CN(C)CCC(=O)Nc1ccc(NC(=O)C2CSCN2)cc1.Cl.Cl. The Kier molecular flexibility index (Phi) is 11.1. The highest BCUT2D eigenvalue weighted by Crippen LogP contribution is 2.16. The van der Waals surface area contributed by atoms with E-state index in [9.17, 15) is 9.59 Å². The molecule has 0 aliphatic carbocycles. The van der Waals surface area contributed by atoms with Gasteiger partial charge in [-0.2, -0.15) is 0 Å². The van der Waals surface area contributed by atoms with E-state index in [2.05, 4.69) is 16.0 Å². The van der Waals surface area contributed by atoms with E-state index in [-0.39, 0.29) is 42.7 Å². The van der Waals surface area contributed by atoms with E-state index in [0.29, 0.717) is 13.0 Å². The summed E-state index contributed by atoms with van der Waals surface area (Å²) in [5.74, 6) is 1.58. The van der Waals surface area contributed by atoms with E-state index >= 15 is 0 Å². The first-order valence-corrected chi connectivity index (χ1v) is 8.37. The number of carbonyl (C=O) groups excluding carboxylic acids is 2. The maximum Gasteiger partial charge on any atom is 0.242 e. The highest BCUT2D eigenvalue weighted by molar-refractivity contribution is 7.99. The molecule has 1 aliphatic rings. The van der Waals surface area contributed by atoms with Crippen LogP contribution in [0.1, 0.15) is 6.42 Å². The molecule has 1 aromatic rings. The van der Waals surface area contributed by atoms with E-state index < -0.39 is 0 Å². The lowest BCUT2D eigenvalue weighted by Gasteiger charge is -2.12. The van der Waals surface area contributed by atoms with E-state index in [1.54, 1.807) is 36.0 Å². The van der Waals surface area contributed by atoms with Gasteiger partial charge in [0.25, 0.3) is 0 Å². The monoisotopic (exact) mass is 394 g/mol. The van der Waals surface area contributed by atoms with Gasteiger partial charge in [0, 0.05) is 36.0 Å². The lowest BCUT2D eigenvalue weighted by molar-refractivity contribution is -0.117. The van der Waals surface area contributed by atoms with Crippen LogP contribution >= 0.6 is 36.6 Å². The zero-order valence-corrected chi connectivity index (χ0v) is 16.2. The fraction of sp³-hybridized carbons (Fsp3) is 0.467. The number of hydrogen-bond donors (Lipinski definition) is 3. The maximum atomic E-state index is 12.0. The van der Waals surface area contributed by atoms with Crippen molar-refractivity contribution < 1.29 is 9.59 Å². The molecule has 1 atom stereocenters. The molecule has 136 valence electrons. The van der Waals surface area contributed by atoms with Gasteiger partial charge in [-0.05, 0) is 38.4 Å². The first kappa shape index (κ1) is 23.0. The molecule has 2 amide bonds. The summed E-state index contributed by atoms with van der Waals surface area (Å²) < 4.78 is 0. The second-order valence-corrected chi connectivity index (χ2v) is 6.47. The summed E-state index contributed by atoms with van der Waals surface area (Å²) in [5, 5.41) is 8.84. The van der Waals surface area contributed by atoms with Crippen molar-refractivity contribution in [2.45, 2.75) is 12.5 Å². The molecule has 2 rings (SSSR count). The van der Waals surface area contributed by atoms with Crippen molar-refractivity contribution in [2.75, 3.05) is 42.9 Å². The number of carbonyl (C=O) groups is 2. The van der Waals surface area contributed by atoms with Gasteiger partial charge in [-0.1, -0.05) is 0 Å². The topological polar surface area (TPSA) is 73.5 Å². The van der Waals surface area contributed by atoms with Gasteiger partial charge in [0.1, 0.15) is 0 Å². The van der Waals surface area contributed by atoms with Gasteiger partial charge in [-0.15, -0.1) is 36.6 Å². The summed E-state index contributed by atoms with van der Waals surface area (Å²) in [7, 11) is 3.87. The summed E-state index contributed by atoms with van der Waals surface area (Å²) >= 11 is 1.71. The minimum absolute atomic E-state index is 0. The highest BCUT2D eigenvalue weighted by Gasteiger charge is 2.22. The van der Waals surface area contributed by atoms with Gasteiger partial charge in [-0.25, -0.2) is 0 Å². The van der Waals surface area contributed by atoms with Crippen LogP contribution in [-0.2, 0) is 9.59 Å². The predicted molar refractivity (Wildman–Crippen MR) is 106 cm³/mol. The second kappa shape index (κ2) is 11.5. The Morgan fingerprint density at radius 2 is 1.75 bits per heavy atom. The fourth-order valence-corrected chi connectivity index (χ4v) is 2.92. The Hall–Kier alpha value is -0.990. The third-order valence-electron chi connectivity index (χ3n) is 3.26. The molecular weight excluding hydrogens is 371 g/mol. The molecule has 0 spiro atoms. The van der Waals surface area contributed by atoms with Crippen molar-refractivity contribution in [1.29, 1.82) is 0 Å². The molecular formula is C15H24Cl2N4O2S. The van der Waals surface area contributed by atoms with Gasteiger partial charge >= 0.3 is 0 Å². The molecule has 1 unspecified atom stereocenters. The van der Waals surface area contributed by atoms with Crippen LogP contribution in [-0.4, -0.2) is 55.0 Å². The Labute approximate surface area is 159 Å². The number of anilines is 2. The molecule has 1 aliphatic heterocycles. The summed E-state index contributed by atoms with van der Waals surface area (Å²) in [6.45, 7) is 0.715. The largest absolute Gasteiger partial charge is 0.326 e. The Morgan fingerprint density at radius 3 is 2.25 bits per heavy atom. The number of rotatable bonds is 6. The number of thioether (sulfide) groups is 1. The zero-order valence-electron chi connectivity index (χ0n) is 13.7. The van der Waals surface area contributed by atoms with Crippen LogP contribution in [0.3, 0.4) is 0 Å². The standard InChI is InChI=1S/C15H22N4O2S.2ClH/c1-19(2)8-7-14(20)17-11-3-5-12(6-4-11)18-15(21)13-9-22-10-16-13;;/h3-6,13,16H,7-10H2,1-2H3,(H,17,20)(H,18,21);2*1H. The van der Waals surface area contributed by atoms with E-state index in [4.69, 9.17) is 0 Å². The molecule has 6 nitrogen and oxygen atoms in total. The van der Waals surface area contributed by atoms with Gasteiger partial charge in [0.15, 0.2) is 0 Å². The molecule has 1 aromatic carbocycles. The molecule has 0 saturated carbocycles. The van der Waals surface area contributed by atoms with Crippen LogP contribution in [0.15, 0.2) is 24.3 Å². The average Bonchev–Trinajstić information content (AvgIpc) is 3.01. The zero-order chi connectivity index (χ0) is 15.9. The fourth-order valence-electron chi connectivity index (χ4n) is 1.98. The predicted octanol–water partition coefficient (Wildman–Crippen LogP) is 2.02. The maximum absolute atomic E-state index is 12.0. The summed E-state index contributed by atoms with van der Waals surface area (Å²) in [5.41, 5.74) is 1.46. The smallest absolute Gasteiger partial charge is 0.242 e. The lowest BCUT2D eigenvalue weighted by Crippen LogP contribution is -2.37. The molecule has 0 radical (unpaired) electrons. The van der Waals surface area contributed by atoms with Crippen molar-refractivity contribution in [1.82, 2.24) is 10.2 Å². The van der Waals surface area contributed by atoms with E-state index in [0.717, 1.165) is 23.0 Å². The van der Waals surface area contributed by atoms with Crippen molar-refractivity contribution in [3.63, 3.8) is 0 Å². The third-order valence-corrected chi connectivity index (χ3v) is 4.19. The number of benzene rings is 1. The number of nitrogens with zero attached hydrogens (tertiary/aromatic N) is 1. The van der Waals surface area contributed by atoms with Crippen LogP contribution in [0.25, 0.3) is 0 Å². The van der Waals surface area contributed by atoms with Crippen molar-refractivity contribution in [2.24, 2.45) is 0 Å². The second-order valence-electron chi connectivity index (χ2n) is 5.44. The Morgan fingerprint density at radius 1 is 1.17 bits per heavy atom. The average molecular weight is 395 g/mol. The van der Waals surface area contributed by atoms with Crippen LogP contribution in [0.4, 0.5) is 11.4 Å². The molecule has 1 fully saturated rings. The number of nitrogens with one attached hydrogen (secondary N) is 3. The van der Waals surface area contributed by atoms with Crippen LogP contribution in [0.2, 0.25) is 0 Å². The molecule has 0 bridgehead atoms. The molecule has 0 aromatic heterocycles. The molecule has 3 N–H and O–H groups in total. The molecule has 1 heterocycles. The quantitative estimate of drug-likeness (QED) is 0.688. The summed E-state index contributed by atoms with van der Waals surface area (Å²) in [4.78, 5) is 25.7. The Balaban J connectivity index is 0.00000264. The van der Waals surface area contributed by atoms with Gasteiger partial charge in [-0.3, -0.25) is 14.9 Å². The molecule has 1 saturated heterocycles. The van der Waals surface area contributed by atoms with Crippen LogP contribution < -0.4 is 16.0 Å². The van der Waals surface area contributed by atoms with Crippen molar-refractivity contribution in [3.05, 3.63) is 24.3 Å². The Bertz CT molecular complexity index is 523. The first-order valence-electron chi connectivity index (χ1n) is 7.21. The highest BCUT2D eigenvalue weighted by atomic mass is 35.5. The number of halogens is 2. The van der Waals surface area contributed by atoms with Crippen LogP contribution in [0.5, 0.6) is 0 Å². The minimum atomic E-state index is -0.129. The van der Waals surface area contributed by atoms with E-state index in [1.165, 1.54) is 0 Å². The molecule has 24 heavy (non-hydrogen) atoms. The number of hydrogen-bond acceptors (Lipinski definition) is 5. The third kappa shape index (κ3) is 7.72. The minimum Gasteiger partial charge on any atom is -0.326 e. The van der Waals surface area contributed by atoms with Crippen molar-refractivity contribution >= 4 is 59.8 Å². The molecule has 9 heteroatoms. The number of amides is 2. The normalized spacial score (nSPS) is 16.0. The summed E-state index contributed by atoms with van der Waals surface area (Å²) in [6, 6.07) is 7.04. The van der Waals surface area contributed by atoms with Crippen LogP contribution in [0, 0.1) is 0 Å². The van der Waals surface area contributed by atoms with Gasteiger partial charge in [0.05, 0.1) is 6.04 Å². The van der Waals surface area contributed by atoms with Gasteiger partial charge < -0.3 is 15.5 Å². The lowest BCUT2D eigenvalue weighted by atomic mass is 10.2.